The van der Waals surface area contributed by atoms with Crippen LogP contribution in [0.4, 0.5) is 0 Å². The lowest BCUT2D eigenvalue weighted by Gasteiger charge is -2.17. The molecule has 0 aromatic heterocycles. The largest absolute Gasteiger partial charge is 0.374 e. The highest BCUT2D eigenvalue weighted by Gasteiger charge is 2.20. The number of ether oxygens (including phenoxy) is 1. The summed E-state index contributed by atoms with van der Waals surface area (Å²) in [6.07, 6.45) is 6.14. The molecule has 1 aliphatic rings. The number of methoxy groups -OCH3 is 1. The third-order valence-electron chi connectivity index (χ3n) is 2.34. The number of nitrogens with two attached hydrogens (primary N) is 1. The van der Waals surface area contributed by atoms with Crippen molar-refractivity contribution in [2.75, 3.05) is 13.7 Å². The first-order valence-electron chi connectivity index (χ1n) is 5.51. The van der Waals surface area contributed by atoms with Crippen LogP contribution in [0.5, 0.6) is 0 Å². The summed E-state index contributed by atoms with van der Waals surface area (Å²) in [4.78, 5) is 10.9. The summed E-state index contributed by atoms with van der Waals surface area (Å²) < 4.78 is 4.95. The van der Waals surface area contributed by atoms with Gasteiger partial charge in [-0.2, -0.15) is 0 Å². The molecular weight excluding hydrogens is 178 g/mol. The molecule has 84 valence electrons. The molecule has 1 rings (SSSR count). The van der Waals surface area contributed by atoms with Crippen LogP contribution in [0.25, 0.3) is 0 Å². The molecule has 0 aromatic rings. The monoisotopic (exact) mass is 201 g/mol. The Morgan fingerprint density at radius 1 is 1.50 bits per heavy atom. The summed E-state index contributed by atoms with van der Waals surface area (Å²) in [6.45, 7) is 2.98. The Hall–Kier alpha value is -0.410. The van der Waals surface area contributed by atoms with E-state index in [1.165, 1.54) is 12.8 Å². The van der Waals surface area contributed by atoms with Gasteiger partial charge in [-0.1, -0.05) is 13.3 Å². The number of carbonyl (C=O) groups is 1. The van der Waals surface area contributed by atoms with Crippen LogP contribution in [0.1, 0.15) is 45.4 Å². The van der Waals surface area contributed by atoms with Gasteiger partial charge in [0.05, 0.1) is 0 Å². The zero-order valence-electron chi connectivity index (χ0n) is 9.42. The van der Waals surface area contributed by atoms with E-state index >= 15 is 0 Å². The molecular formula is C11H23NO2. The molecule has 0 heterocycles. The van der Waals surface area contributed by atoms with E-state index < -0.39 is 0 Å². The van der Waals surface area contributed by atoms with Gasteiger partial charge < -0.3 is 10.5 Å². The molecule has 1 fully saturated rings. The van der Waals surface area contributed by atoms with Crippen LogP contribution in [0.15, 0.2) is 0 Å². The molecule has 0 aromatic carbocycles. The number of ketones is 1. The number of hydrogen-bond acceptors (Lipinski definition) is 3. The van der Waals surface area contributed by atoms with Gasteiger partial charge in [-0.25, -0.2) is 0 Å². The van der Waals surface area contributed by atoms with Gasteiger partial charge in [0.15, 0.2) is 5.78 Å². The fourth-order valence-electron chi connectivity index (χ4n) is 1.40. The van der Waals surface area contributed by atoms with Crippen molar-refractivity contribution in [3.05, 3.63) is 0 Å². The van der Waals surface area contributed by atoms with Gasteiger partial charge in [0, 0.05) is 13.5 Å². The van der Waals surface area contributed by atoms with Gasteiger partial charge in [0.1, 0.15) is 6.10 Å². The minimum absolute atomic E-state index is 0.0845. The fraction of sp³-hybridized carbons (Fsp3) is 0.909. The maximum atomic E-state index is 10.9. The molecule has 1 unspecified atom stereocenters. The minimum atomic E-state index is -0.0845. The van der Waals surface area contributed by atoms with Crippen LogP contribution in [0.3, 0.4) is 0 Å². The molecule has 0 radical (unpaired) electrons. The zero-order valence-corrected chi connectivity index (χ0v) is 9.42. The second-order valence-electron chi connectivity index (χ2n) is 3.58. The van der Waals surface area contributed by atoms with Crippen molar-refractivity contribution in [3.63, 3.8) is 0 Å². The topological polar surface area (TPSA) is 52.3 Å². The minimum Gasteiger partial charge on any atom is -0.374 e. The summed E-state index contributed by atoms with van der Waals surface area (Å²) in [5, 5.41) is 0. The van der Waals surface area contributed by atoms with E-state index in [1.807, 2.05) is 0 Å². The molecule has 0 saturated heterocycles. The normalized spacial score (nSPS) is 21.4. The van der Waals surface area contributed by atoms with Crippen molar-refractivity contribution in [2.45, 2.75) is 51.6 Å². The maximum absolute atomic E-state index is 10.9. The summed E-state index contributed by atoms with van der Waals surface area (Å²) in [5.41, 5.74) is 5.14. The van der Waals surface area contributed by atoms with E-state index in [-0.39, 0.29) is 11.9 Å². The van der Waals surface area contributed by atoms with Gasteiger partial charge in [0.25, 0.3) is 0 Å². The molecule has 14 heavy (non-hydrogen) atoms. The van der Waals surface area contributed by atoms with Gasteiger partial charge >= 0.3 is 0 Å². The van der Waals surface area contributed by atoms with E-state index in [2.05, 4.69) is 6.92 Å². The Kier molecular flexibility index (Phi) is 8.89. The second kappa shape index (κ2) is 9.16. The molecule has 0 amide bonds. The molecule has 3 nitrogen and oxygen atoms in total. The Morgan fingerprint density at radius 2 is 2.21 bits per heavy atom. The number of hydrogen-bond donors (Lipinski definition) is 1. The molecule has 3 heteroatoms. The second-order valence-corrected chi connectivity index (χ2v) is 3.58. The van der Waals surface area contributed by atoms with Gasteiger partial charge in [-0.15, -0.1) is 0 Å². The molecule has 1 saturated carbocycles. The van der Waals surface area contributed by atoms with Crippen LogP contribution in [0, 0.1) is 0 Å². The van der Waals surface area contributed by atoms with Crippen molar-refractivity contribution >= 4 is 5.78 Å². The van der Waals surface area contributed by atoms with Crippen molar-refractivity contribution in [1.82, 2.24) is 0 Å². The molecule has 0 aliphatic heterocycles. The van der Waals surface area contributed by atoms with Crippen molar-refractivity contribution < 1.29 is 9.53 Å². The highest BCUT2D eigenvalue weighted by molar-refractivity contribution is 5.83. The Labute approximate surface area is 87.0 Å². The Balaban J connectivity index is 0.000000292. The average Bonchev–Trinajstić information content (AvgIpc) is 2.21. The standard InChI is InChI=1S/C7H12O2.C4H11N/c1-9-7-5-3-2-4-6(7)8;1-2-3-4-5/h7H,2-5H2,1H3;2-5H2,1H3. The van der Waals surface area contributed by atoms with E-state index in [4.69, 9.17) is 10.5 Å². The SMILES string of the molecule is CCCCN.COC1CCCCC1=O. The molecule has 0 bridgehead atoms. The predicted molar refractivity (Wildman–Crippen MR) is 58.2 cm³/mol. The average molecular weight is 201 g/mol. The highest BCUT2D eigenvalue weighted by atomic mass is 16.5. The van der Waals surface area contributed by atoms with Crippen molar-refractivity contribution in [2.24, 2.45) is 5.73 Å². The molecule has 0 spiro atoms. The maximum Gasteiger partial charge on any atom is 0.161 e. The Bertz CT molecular complexity index is 146. The molecule has 1 aliphatic carbocycles. The van der Waals surface area contributed by atoms with Crippen LogP contribution in [-0.4, -0.2) is 25.5 Å². The predicted octanol–water partition coefficient (Wildman–Crippen LogP) is 1.89. The van der Waals surface area contributed by atoms with E-state index in [0.29, 0.717) is 0 Å². The van der Waals surface area contributed by atoms with Crippen molar-refractivity contribution in [3.8, 4) is 0 Å². The van der Waals surface area contributed by atoms with Crippen LogP contribution in [-0.2, 0) is 9.53 Å². The lowest BCUT2D eigenvalue weighted by Crippen LogP contribution is -2.26. The zero-order chi connectivity index (χ0) is 10.8. The Morgan fingerprint density at radius 3 is 2.50 bits per heavy atom. The number of carbonyl (C=O) groups excluding carboxylic acids is 1. The van der Waals surface area contributed by atoms with Gasteiger partial charge in [0.2, 0.25) is 0 Å². The first kappa shape index (κ1) is 13.6. The number of rotatable bonds is 3. The highest BCUT2D eigenvalue weighted by Crippen LogP contribution is 2.16. The first-order valence-corrected chi connectivity index (χ1v) is 5.51. The summed E-state index contributed by atoms with van der Waals surface area (Å²) in [7, 11) is 1.61. The third-order valence-corrected chi connectivity index (χ3v) is 2.34. The number of Topliss-reactive ketones (excluding diaryl/α,β-unsaturated/α-hetero) is 1. The summed E-state index contributed by atoms with van der Waals surface area (Å²) in [6, 6.07) is 0. The van der Waals surface area contributed by atoms with E-state index in [1.54, 1.807) is 7.11 Å². The summed E-state index contributed by atoms with van der Waals surface area (Å²) >= 11 is 0. The third kappa shape index (κ3) is 6.11. The first-order chi connectivity index (χ1) is 6.76. The van der Waals surface area contributed by atoms with Gasteiger partial charge in [-0.05, 0) is 32.2 Å². The quantitative estimate of drug-likeness (QED) is 0.758. The van der Waals surface area contributed by atoms with E-state index in [9.17, 15) is 4.79 Å². The lowest BCUT2D eigenvalue weighted by molar-refractivity contribution is -0.131. The molecule has 1 atom stereocenters. The van der Waals surface area contributed by atoms with E-state index in [0.717, 1.165) is 32.2 Å². The van der Waals surface area contributed by atoms with Crippen LogP contribution in [0.2, 0.25) is 0 Å². The van der Waals surface area contributed by atoms with Crippen LogP contribution < -0.4 is 5.73 Å². The molecule has 2 N–H and O–H groups in total. The number of unbranched alkanes of at least 4 members (excludes halogenated alkanes) is 1. The van der Waals surface area contributed by atoms with Crippen LogP contribution >= 0.6 is 0 Å². The lowest BCUT2D eigenvalue weighted by atomic mass is 9.96. The smallest absolute Gasteiger partial charge is 0.161 e. The fourth-order valence-corrected chi connectivity index (χ4v) is 1.40. The van der Waals surface area contributed by atoms with Crippen molar-refractivity contribution in [1.29, 1.82) is 0 Å². The summed E-state index contributed by atoms with van der Waals surface area (Å²) in [5.74, 6) is 0.281. The van der Waals surface area contributed by atoms with Gasteiger partial charge in [-0.3, -0.25) is 4.79 Å².